The maximum Gasteiger partial charge on any atom is 0.431 e. The normalized spacial score (nSPS) is 27.5. The van der Waals surface area contributed by atoms with Crippen LogP contribution in [0.3, 0.4) is 0 Å². The Labute approximate surface area is 124 Å². The predicted octanol–water partition coefficient (Wildman–Crippen LogP) is -2.46. The van der Waals surface area contributed by atoms with E-state index in [1.165, 1.54) is 19.3 Å². The molecule has 22 heavy (non-hydrogen) atoms. The summed E-state index contributed by atoms with van der Waals surface area (Å²) < 4.78 is 6.17. The van der Waals surface area contributed by atoms with Gasteiger partial charge in [-0.2, -0.15) is 10.5 Å². The molecule has 0 saturated carbocycles. The molecule has 1 fully saturated rings. The van der Waals surface area contributed by atoms with E-state index in [4.69, 9.17) is 9.84 Å². The Morgan fingerprint density at radius 2 is 2.23 bits per heavy atom. The van der Waals surface area contributed by atoms with Crippen molar-refractivity contribution in [2.24, 2.45) is 0 Å². The Bertz CT molecular complexity index is 592. The third-order valence-electron chi connectivity index (χ3n) is 3.07. The van der Waals surface area contributed by atoms with E-state index in [0.717, 1.165) is 4.57 Å². The number of amides is 1. The van der Waals surface area contributed by atoms with Crippen molar-refractivity contribution in [1.29, 1.82) is 0 Å². The summed E-state index contributed by atoms with van der Waals surface area (Å²) in [6.07, 6.45) is -4.42. The van der Waals surface area contributed by atoms with Gasteiger partial charge in [0, 0.05) is 19.3 Å². The highest BCUT2D eigenvalue weighted by Gasteiger charge is 2.43. The van der Waals surface area contributed by atoms with Crippen LogP contribution in [0, 0.1) is 0 Å². The van der Waals surface area contributed by atoms with Crippen LogP contribution in [-0.2, 0) is 9.57 Å². The average molecular weight is 316 g/mol. The zero-order chi connectivity index (χ0) is 16.3. The molecule has 1 aliphatic rings. The molecule has 5 N–H and O–H groups in total. The summed E-state index contributed by atoms with van der Waals surface area (Å²) in [5, 5.41) is 30.7. The molecule has 11 nitrogen and oxygen atoms in total. The largest absolute Gasteiger partial charge is 0.431 e. The SMILES string of the molecule is CNC(=O)ONc1ccn([C@@H]2O[C@H](CO)[C@@H](O)[C@H]2O)c(=O)n1. The maximum atomic E-state index is 11.9. The van der Waals surface area contributed by atoms with Crippen molar-refractivity contribution in [3.05, 3.63) is 22.7 Å². The third-order valence-corrected chi connectivity index (χ3v) is 3.07. The molecule has 0 bridgehead atoms. The number of aromatic nitrogens is 2. The summed E-state index contributed by atoms with van der Waals surface area (Å²) in [5.74, 6) is -0.0309. The number of nitrogens with zero attached hydrogens (tertiary/aromatic N) is 2. The number of hydrogen-bond donors (Lipinski definition) is 5. The standard InChI is InChI=1S/C11H16N4O7/c1-12-11(20)22-14-6-2-3-15(10(19)13-6)9-8(18)7(17)5(4-16)21-9/h2-3,5,7-9,16-18H,4H2,1H3,(H,12,20)(H,13,14,19)/t5-,7-,8-,9-/m1/s1. The average Bonchev–Trinajstić information content (AvgIpc) is 2.80. The molecule has 1 amide bonds. The van der Waals surface area contributed by atoms with Gasteiger partial charge in [0.1, 0.15) is 18.3 Å². The van der Waals surface area contributed by atoms with E-state index in [-0.39, 0.29) is 5.82 Å². The fourth-order valence-electron chi connectivity index (χ4n) is 1.92. The molecule has 1 aliphatic heterocycles. The summed E-state index contributed by atoms with van der Waals surface area (Å²) in [4.78, 5) is 30.9. The topological polar surface area (TPSA) is 155 Å². The van der Waals surface area contributed by atoms with Crippen LogP contribution in [0.2, 0.25) is 0 Å². The van der Waals surface area contributed by atoms with Crippen LogP contribution in [-0.4, -0.2) is 62.9 Å². The van der Waals surface area contributed by atoms with Gasteiger partial charge in [-0.3, -0.25) is 4.57 Å². The number of aliphatic hydroxyl groups is 3. The third kappa shape index (κ3) is 3.17. The molecule has 11 heteroatoms. The Balaban J connectivity index is 2.13. The lowest BCUT2D eigenvalue weighted by molar-refractivity contribution is -0.0549. The molecule has 0 spiro atoms. The second-order valence-corrected chi connectivity index (χ2v) is 4.47. The Morgan fingerprint density at radius 1 is 1.50 bits per heavy atom. The van der Waals surface area contributed by atoms with Crippen LogP contribution in [0.4, 0.5) is 10.6 Å². The fraction of sp³-hybridized carbons (Fsp3) is 0.545. The molecule has 1 aromatic rings. The number of aliphatic hydroxyl groups excluding tert-OH is 3. The Kier molecular flexibility index (Phi) is 4.92. The molecule has 0 radical (unpaired) electrons. The molecular formula is C11H16N4O7. The van der Waals surface area contributed by atoms with E-state index in [0.29, 0.717) is 0 Å². The number of nitrogens with one attached hydrogen (secondary N) is 2. The summed E-state index contributed by atoms with van der Waals surface area (Å²) in [5.41, 5.74) is 1.36. The van der Waals surface area contributed by atoms with Crippen molar-refractivity contribution in [3.63, 3.8) is 0 Å². The summed E-state index contributed by atoms with van der Waals surface area (Å²) in [6, 6.07) is 1.30. The Hall–Kier alpha value is -2.21. The minimum Gasteiger partial charge on any atom is -0.394 e. The smallest absolute Gasteiger partial charge is 0.394 e. The van der Waals surface area contributed by atoms with E-state index in [1.54, 1.807) is 0 Å². The van der Waals surface area contributed by atoms with Crippen molar-refractivity contribution >= 4 is 11.9 Å². The molecule has 2 rings (SSSR count). The minimum atomic E-state index is -1.39. The highest BCUT2D eigenvalue weighted by Crippen LogP contribution is 2.28. The maximum absolute atomic E-state index is 11.9. The first kappa shape index (κ1) is 16.2. The van der Waals surface area contributed by atoms with Crippen molar-refractivity contribution in [2.75, 3.05) is 19.1 Å². The second-order valence-electron chi connectivity index (χ2n) is 4.47. The summed E-state index contributed by atoms with van der Waals surface area (Å²) >= 11 is 0. The number of carbonyl (C=O) groups is 1. The van der Waals surface area contributed by atoms with Crippen LogP contribution in [0.15, 0.2) is 17.1 Å². The first-order chi connectivity index (χ1) is 10.5. The van der Waals surface area contributed by atoms with Crippen LogP contribution < -0.4 is 16.5 Å². The fourth-order valence-corrected chi connectivity index (χ4v) is 1.92. The van der Waals surface area contributed by atoms with Gasteiger partial charge in [0.25, 0.3) is 0 Å². The van der Waals surface area contributed by atoms with Gasteiger partial charge in [0.15, 0.2) is 12.0 Å². The first-order valence-corrected chi connectivity index (χ1v) is 6.34. The molecule has 2 heterocycles. The van der Waals surface area contributed by atoms with Gasteiger partial charge in [-0.15, -0.1) is 0 Å². The van der Waals surface area contributed by atoms with Crippen molar-refractivity contribution < 1.29 is 29.7 Å². The molecular weight excluding hydrogens is 300 g/mol. The molecule has 1 saturated heterocycles. The molecule has 0 unspecified atom stereocenters. The van der Waals surface area contributed by atoms with E-state index >= 15 is 0 Å². The zero-order valence-electron chi connectivity index (χ0n) is 11.5. The Morgan fingerprint density at radius 3 is 2.77 bits per heavy atom. The number of anilines is 1. The number of carbonyl (C=O) groups excluding carboxylic acids is 1. The summed E-state index contributed by atoms with van der Waals surface area (Å²) in [7, 11) is 1.36. The van der Waals surface area contributed by atoms with Gasteiger partial charge in [-0.25, -0.2) is 9.59 Å². The lowest BCUT2D eigenvalue weighted by Crippen LogP contribution is -2.36. The first-order valence-electron chi connectivity index (χ1n) is 6.34. The van der Waals surface area contributed by atoms with Crippen LogP contribution in [0.5, 0.6) is 0 Å². The van der Waals surface area contributed by atoms with Crippen molar-refractivity contribution in [3.8, 4) is 0 Å². The second kappa shape index (κ2) is 6.70. The van der Waals surface area contributed by atoms with Gasteiger partial charge in [-0.1, -0.05) is 0 Å². The lowest BCUT2D eigenvalue weighted by Gasteiger charge is -2.17. The molecule has 4 atom stereocenters. The summed E-state index contributed by atoms with van der Waals surface area (Å²) in [6.45, 7) is -0.503. The number of ether oxygens (including phenoxy) is 1. The van der Waals surface area contributed by atoms with E-state index < -0.39 is 42.9 Å². The molecule has 0 aromatic carbocycles. The minimum absolute atomic E-state index is 0.0309. The quantitative estimate of drug-likeness (QED) is 0.380. The van der Waals surface area contributed by atoms with Crippen LogP contribution in [0.25, 0.3) is 0 Å². The lowest BCUT2D eigenvalue weighted by atomic mass is 10.1. The van der Waals surface area contributed by atoms with Crippen LogP contribution in [0.1, 0.15) is 6.23 Å². The molecule has 1 aromatic heterocycles. The van der Waals surface area contributed by atoms with Crippen LogP contribution >= 0.6 is 0 Å². The van der Waals surface area contributed by atoms with Gasteiger partial charge in [0.05, 0.1) is 6.61 Å². The van der Waals surface area contributed by atoms with Gasteiger partial charge in [0.2, 0.25) is 0 Å². The van der Waals surface area contributed by atoms with Gasteiger partial charge in [-0.05, 0) is 0 Å². The van der Waals surface area contributed by atoms with E-state index in [2.05, 4.69) is 20.6 Å². The zero-order valence-corrected chi connectivity index (χ0v) is 11.5. The monoisotopic (exact) mass is 316 g/mol. The van der Waals surface area contributed by atoms with E-state index in [9.17, 15) is 19.8 Å². The van der Waals surface area contributed by atoms with Crippen molar-refractivity contribution in [1.82, 2.24) is 14.9 Å². The van der Waals surface area contributed by atoms with E-state index in [1.807, 2.05) is 0 Å². The highest BCUT2D eigenvalue weighted by atomic mass is 16.7. The van der Waals surface area contributed by atoms with Crippen molar-refractivity contribution in [2.45, 2.75) is 24.5 Å². The number of rotatable bonds is 4. The highest BCUT2D eigenvalue weighted by molar-refractivity contribution is 5.67. The van der Waals surface area contributed by atoms with Gasteiger partial charge >= 0.3 is 11.8 Å². The molecule has 0 aliphatic carbocycles. The molecule has 122 valence electrons. The van der Waals surface area contributed by atoms with Gasteiger partial charge < -0.3 is 30.2 Å². The predicted molar refractivity (Wildman–Crippen MR) is 70.7 cm³/mol. The number of hydrogen-bond acceptors (Lipinski definition) is 9.